The number of hydrogen-bond donors (Lipinski definition) is 2. The molecule has 0 radical (unpaired) electrons. The van der Waals surface area contributed by atoms with Crippen molar-refractivity contribution < 1.29 is 8.42 Å². The number of halogens is 2. The largest absolute Gasteiger partial charge is 0.378 e. The van der Waals surface area contributed by atoms with E-state index in [1.54, 1.807) is 12.1 Å². The van der Waals surface area contributed by atoms with Crippen molar-refractivity contribution in [3.05, 3.63) is 22.7 Å². The highest BCUT2D eigenvalue weighted by atomic mass is 79.9. The van der Waals surface area contributed by atoms with E-state index in [9.17, 15) is 8.42 Å². The molecular formula is C12H21BrClN3O2S. The van der Waals surface area contributed by atoms with Crippen molar-refractivity contribution in [2.45, 2.75) is 11.3 Å². The molecule has 0 aliphatic heterocycles. The fraction of sp³-hybridized carbons (Fsp3) is 0.500. The predicted octanol–water partition coefficient (Wildman–Crippen LogP) is 1.82. The monoisotopic (exact) mass is 385 g/mol. The molecule has 0 spiro atoms. The van der Waals surface area contributed by atoms with Gasteiger partial charge in [-0.1, -0.05) is 0 Å². The number of nitrogens with one attached hydrogen (secondary N) is 2. The van der Waals surface area contributed by atoms with Crippen molar-refractivity contribution in [2.24, 2.45) is 0 Å². The Balaban J connectivity index is 0.00000361. The molecule has 0 amide bonds. The first-order chi connectivity index (χ1) is 8.88. The van der Waals surface area contributed by atoms with Crippen molar-refractivity contribution in [1.82, 2.24) is 10.0 Å². The minimum Gasteiger partial charge on any atom is -0.378 e. The molecule has 0 fully saturated rings. The number of benzene rings is 1. The Morgan fingerprint density at radius 2 is 1.90 bits per heavy atom. The maximum absolute atomic E-state index is 12.2. The summed E-state index contributed by atoms with van der Waals surface area (Å²) >= 11 is 3.29. The zero-order valence-electron chi connectivity index (χ0n) is 11.8. The van der Waals surface area contributed by atoms with E-state index in [1.165, 1.54) is 0 Å². The van der Waals surface area contributed by atoms with Gasteiger partial charge in [-0.05, 0) is 54.1 Å². The van der Waals surface area contributed by atoms with Crippen molar-refractivity contribution in [3.8, 4) is 0 Å². The van der Waals surface area contributed by atoms with E-state index in [-0.39, 0.29) is 17.3 Å². The maximum atomic E-state index is 12.2. The van der Waals surface area contributed by atoms with Crippen LogP contribution in [0.1, 0.15) is 6.42 Å². The third kappa shape index (κ3) is 5.57. The van der Waals surface area contributed by atoms with Gasteiger partial charge < -0.3 is 10.2 Å². The zero-order valence-corrected chi connectivity index (χ0v) is 15.0. The van der Waals surface area contributed by atoms with Gasteiger partial charge in [0.15, 0.2) is 0 Å². The topological polar surface area (TPSA) is 61.4 Å². The van der Waals surface area contributed by atoms with Gasteiger partial charge in [-0.25, -0.2) is 13.1 Å². The number of sulfonamides is 1. The van der Waals surface area contributed by atoms with Gasteiger partial charge in [0.1, 0.15) is 0 Å². The minimum absolute atomic E-state index is 0. The lowest BCUT2D eigenvalue weighted by Crippen LogP contribution is -2.27. The minimum atomic E-state index is -3.48. The lowest BCUT2D eigenvalue weighted by atomic mass is 10.3. The van der Waals surface area contributed by atoms with Crippen LogP contribution in [0.5, 0.6) is 0 Å². The summed E-state index contributed by atoms with van der Waals surface area (Å²) in [4.78, 5) is 2.13. The van der Waals surface area contributed by atoms with Crippen LogP contribution in [0.2, 0.25) is 0 Å². The van der Waals surface area contributed by atoms with Crippen LogP contribution >= 0.6 is 28.3 Å². The summed E-state index contributed by atoms with van der Waals surface area (Å²) < 4.78 is 27.6. The fourth-order valence-corrected chi connectivity index (χ4v) is 3.58. The molecule has 0 aliphatic carbocycles. The third-order valence-corrected chi connectivity index (χ3v) is 5.07. The second-order valence-corrected chi connectivity index (χ2v) is 6.95. The molecule has 0 saturated heterocycles. The summed E-state index contributed by atoms with van der Waals surface area (Å²) in [5.74, 6) is 0. The number of rotatable bonds is 7. The van der Waals surface area contributed by atoms with Crippen LogP contribution in [0, 0.1) is 0 Å². The first kappa shape index (κ1) is 19.7. The van der Waals surface area contributed by atoms with Gasteiger partial charge in [-0.2, -0.15) is 0 Å². The van der Waals surface area contributed by atoms with Crippen LogP contribution in [-0.4, -0.2) is 42.7 Å². The van der Waals surface area contributed by atoms with Crippen LogP contribution in [-0.2, 0) is 10.0 Å². The lowest BCUT2D eigenvalue weighted by Gasteiger charge is -2.15. The summed E-state index contributed by atoms with van der Waals surface area (Å²) in [5, 5.41) is 2.98. The van der Waals surface area contributed by atoms with E-state index in [0.717, 1.165) is 18.7 Å². The Morgan fingerprint density at radius 3 is 2.45 bits per heavy atom. The number of anilines is 1. The summed E-state index contributed by atoms with van der Waals surface area (Å²) in [7, 11) is 2.11. The highest BCUT2D eigenvalue weighted by Crippen LogP contribution is 2.26. The summed E-state index contributed by atoms with van der Waals surface area (Å²) in [6.07, 6.45) is 0.751. The van der Waals surface area contributed by atoms with Crippen LogP contribution in [0.4, 0.5) is 5.69 Å². The van der Waals surface area contributed by atoms with Crippen LogP contribution < -0.4 is 14.9 Å². The normalized spacial score (nSPS) is 11.0. The van der Waals surface area contributed by atoms with Crippen molar-refractivity contribution in [3.63, 3.8) is 0 Å². The van der Waals surface area contributed by atoms with E-state index >= 15 is 0 Å². The van der Waals surface area contributed by atoms with E-state index in [2.05, 4.69) is 26.0 Å². The molecule has 20 heavy (non-hydrogen) atoms. The maximum Gasteiger partial charge on any atom is 0.241 e. The van der Waals surface area contributed by atoms with Crippen molar-refractivity contribution in [1.29, 1.82) is 0 Å². The van der Waals surface area contributed by atoms with Crippen LogP contribution in [0.3, 0.4) is 0 Å². The first-order valence-electron chi connectivity index (χ1n) is 5.99. The molecule has 2 N–H and O–H groups in total. The van der Waals surface area contributed by atoms with Gasteiger partial charge in [-0.3, -0.25) is 0 Å². The Hall–Kier alpha value is -0.340. The second kappa shape index (κ2) is 8.84. The molecule has 1 aromatic rings. The average Bonchev–Trinajstić information content (AvgIpc) is 2.34. The first-order valence-corrected chi connectivity index (χ1v) is 8.27. The SMILES string of the molecule is CNCCCNS(=O)(=O)c1cc(N(C)C)ccc1Br.Cl. The van der Waals surface area contributed by atoms with Gasteiger partial charge >= 0.3 is 0 Å². The quantitative estimate of drug-likeness (QED) is 0.702. The Labute approximate surface area is 135 Å². The molecule has 0 atom stereocenters. The van der Waals surface area contributed by atoms with Crippen molar-refractivity contribution in [2.75, 3.05) is 39.1 Å². The molecule has 0 aromatic heterocycles. The van der Waals surface area contributed by atoms with Crippen LogP contribution in [0.25, 0.3) is 0 Å². The van der Waals surface area contributed by atoms with E-state index in [4.69, 9.17) is 0 Å². The second-order valence-electron chi connectivity index (χ2n) is 4.36. The Bertz CT molecular complexity index is 523. The van der Waals surface area contributed by atoms with E-state index in [1.807, 2.05) is 32.1 Å². The summed E-state index contributed by atoms with van der Waals surface area (Å²) in [6.45, 7) is 1.20. The van der Waals surface area contributed by atoms with E-state index in [0.29, 0.717) is 11.0 Å². The molecule has 116 valence electrons. The molecule has 1 aromatic carbocycles. The molecule has 5 nitrogen and oxygen atoms in total. The standard InChI is InChI=1S/C12H20BrN3O2S.ClH/c1-14-7-4-8-15-19(17,18)12-9-10(16(2)3)5-6-11(12)13;/h5-6,9,14-15H,4,7-8H2,1-3H3;1H. The molecule has 1 rings (SSSR count). The molecule has 8 heteroatoms. The van der Waals surface area contributed by atoms with Gasteiger partial charge in [-0.15, -0.1) is 12.4 Å². The van der Waals surface area contributed by atoms with Crippen LogP contribution in [0.15, 0.2) is 27.6 Å². The zero-order chi connectivity index (χ0) is 14.5. The number of hydrogen-bond acceptors (Lipinski definition) is 4. The summed E-state index contributed by atoms with van der Waals surface area (Å²) in [6, 6.07) is 5.27. The van der Waals surface area contributed by atoms with Crippen molar-refractivity contribution >= 4 is 44.0 Å². The highest BCUT2D eigenvalue weighted by molar-refractivity contribution is 9.10. The van der Waals surface area contributed by atoms with E-state index < -0.39 is 10.0 Å². The van der Waals surface area contributed by atoms with Gasteiger partial charge in [0.05, 0.1) is 4.90 Å². The summed E-state index contributed by atoms with van der Waals surface area (Å²) in [5.41, 5.74) is 0.846. The molecule has 0 saturated carbocycles. The van der Waals surface area contributed by atoms with Gasteiger partial charge in [0.25, 0.3) is 0 Å². The molecule has 0 aliphatic rings. The predicted molar refractivity (Wildman–Crippen MR) is 89.4 cm³/mol. The van der Waals surface area contributed by atoms with Gasteiger partial charge in [0.2, 0.25) is 10.0 Å². The van der Waals surface area contributed by atoms with Gasteiger partial charge in [0, 0.05) is 30.8 Å². The Kier molecular flexibility index (Phi) is 8.69. The average molecular weight is 387 g/mol. The number of nitrogens with zero attached hydrogens (tertiary/aromatic N) is 1. The Morgan fingerprint density at radius 1 is 1.25 bits per heavy atom. The molecular weight excluding hydrogens is 366 g/mol. The third-order valence-electron chi connectivity index (χ3n) is 2.62. The molecule has 0 bridgehead atoms. The lowest BCUT2D eigenvalue weighted by molar-refractivity contribution is 0.576. The smallest absolute Gasteiger partial charge is 0.241 e. The fourth-order valence-electron chi connectivity index (χ4n) is 1.53. The molecule has 0 heterocycles. The molecule has 0 unspecified atom stereocenters. The highest BCUT2D eigenvalue weighted by Gasteiger charge is 2.18.